The summed E-state index contributed by atoms with van der Waals surface area (Å²) < 4.78 is 16.8. The van der Waals surface area contributed by atoms with E-state index in [1.54, 1.807) is 26.4 Å². The zero-order valence-electron chi connectivity index (χ0n) is 19.2. The number of carbonyl (C=O) groups excluding carboxylic acids is 1. The number of unbranched alkanes of at least 4 members (excludes halogenated alkanes) is 1. The Hall–Kier alpha value is -1.46. The number of ether oxygens (including phenoxy) is 3. The van der Waals surface area contributed by atoms with E-state index in [2.05, 4.69) is 13.8 Å². The quantitative estimate of drug-likeness (QED) is 0.389. The fourth-order valence-electron chi connectivity index (χ4n) is 3.24. The summed E-state index contributed by atoms with van der Waals surface area (Å²) in [5.74, 6) is 2.54. The first-order valence-corrected chi connectivity index (χ1v) is 11.3. The Bertz CT molecular complexity index is 788. The van der Waals surface area contributed by atoms with E-state index in [0.29, 0.717) is 23.0 Å². The summed E-state index contributed by atoms with van der Waals surface area (Å²) in [6.07, 6.45) is 4.81. The van der Waals surface area contributed by atoms with Gasteiger partial charge in [-0.3, -0.25) is 4.79 Å². The number of hydrogen-bond donors (Lipinski definition) is 0. The van der Waals surface area contributed by atoms with Gasteiger partial charge in [0.15, 0.2) is 5.52 Å². The van der Waals surface area contributed by atoms with Crippen molar-refractivity contribution in [3.63, 3.8) is 0 Å². The van der Waals surface area contributed by atoms with Gasteiger partial charge in [0.05, 0.1) is 20.8 Å². The Kier molecular flexibility index (Phi) is 12.2. The van der Waals surface area contributed by atoms with E-state index in [9.17, 15) is 4.79 Å². The van der Waals surface area contributed by atoms with Crippen LogP contribution in [0.25, 0.3) is 0 Å². The second-order valence-corrected chi connectivity index (χ2v) is 8.44. The number of hydrogen-bond acceptors (Lipinski definition) is 4. The van der Waals surface area contributed by atoms with Crippen LogP contribution in [0, 0.1) is 12.8 Å². The molecule has 2 aromatic rings. The van der Waals surface area contributed by atoms with Crippen LogP contribution in [0.15, 0.2) is 36.4 Å². The summed E-state index contributed by atoms with van der Waals surface area (Å²) in [5, 5.41) is 1.01. The molecular formula is C24H33LiO4P+. The Morgan fingerprint density at radius 3 is 2.27 bits per heavy atom. The predicted molar refractivity (Wildman–Crippen MR) is 122 cm³/mol. The van der Waals surface area contributed by atoms with Crippen LogP contribution in [-0.2, 0) is 0 Å². The second kappa shape index (κ2) is 13.8. The van der Waals surface area contributed by atoms with Crippen LogP contribution < -0.4 is 38.4 Å². The molecule has 0 aliphatic rings. The molecule has 0 aromatic heterocycles. The third-order valence-electron chi connectivity index (χ3n) is 5.13. The van der Waals surface area contributed by atoms with Crippen LogP contribution in [0.2, 0.25) is 0 Å². The molecular weight excluding hydrogens is 390 g/mol. The largest absolute Gasteiger partial charge is 1.00 e. The van der Waals surface area contributed by atoms with Crippen molar-refractivity contribution >= 4 is 19.4 Å². The molecule has 0 heterocycles. The summed E-state index contributed by atoms with van der Waals surface area (Å²) >= 11 is 0. The summed E-state index contributed by atoms with van der Waals surface area (Å²) in [5.41, 5.74) is 1.56. The van der Waals surface area contributed by atoms with Crippen molar-refractivity contribution in [2.45, 2.75) is 46.5 Å². The maximum atomic E-state index is 13.0. The molecule has 0 fully saturated rings. The van der Waals surface area contributed by atoms with Crippen LogP contribution >= 0.6 is 8.58 Å². The normalized spacial score (nSPS) is 11.8. The molecule has 0 saturated heterocycles. The van der Waals surface area contributed by atoms with E-state index in [1.807, 2.05) is 31.2 Å². The molecule has 0 amide bonds. The molecule has 0 aliphatic carbocycles. The molecule has 0 N–H and O–H groups in total. The first-order chi connectivity index (χ1) is 14.0. The van der Waals surface area contributed by atoms with Crippen molar-refractivity contribution in [2.24, 2.45) is 5.92 Å². The van der Waals surface area contributed by atoms with E-state index < -0.39 is 0 Å². The minimum absolute atomic E-state index is 0. The Morgan fingerprint density at radius 1 is 1.07 bits per heavy atom. The van der Waals surface area contributed by atoms with Crippen molar-refractivity contribution in [3.8, 4) is 17.2 Å². The molecule has 2 aromatic carbocycles. The molecule has 2 unspecified atom stereocenters. The van der Waals surface area contributed by atoms with Crippen LogP contribution in [-0.4, -0.2) is 26.4 Å². The average Bonchev–Trinajstić information content (AvgIpc) is 2.74. The number of aryl methyl sites for hydroxylation is 1. The molecule has 6 heteroatoms. The van der Waals surface area contributed by atoms with E-state index in [0.717, 1.165) is 29.6 Å². The zero-order chi connectivity index (χ0) is 21.2. The Labute approximate surface area is 195 Å². The fourth-order valence-corrected chi connectivity index (χ4v) is 4.29. The number of rotatable bonds is 12. The van der Waals surface area contributed by atoms with Gasteiger partial charge in [-0.2, -0.15) is 0 Å². The molecule has 0 radical (unpaired) electrons. The van der Waals surface area contributed by atoms with E-state index >= 15 is 0 Å². The topological polar surface area (TPSA) is 44.8 Å². The summed E-state index contributed by atoms with van der Waals surface area (Å²) in [6.45, 7) is 7.21. The molecule has 0 bridgehead atoms. The van der Waals surface area contributed by atoms with Crippen LogP contribution in [0.1, 0.15) is 55.5 Å². The first-order valence-electron chi connectivity index (χ1n) is 10.3. The molecule has 158 valence electrons. The number of benzene rings is 2. The molecule has 2 rings (SSSR count). The fraction of sp³-hybridized carbons (Fsp3) is 0.458. The van der Waals surface area contributed by atoms with Gasteiger partial charge >= 0.3 is 18.9 Å². The third kappa shape index (κ3) is 7.35. The van der Waals surface area contributed by atoms with Gasteiger partial charge in [0.2, 0.25) is 0 Å². The van der Waals surface area contributed by atoms with Crippen molar-refractivity contribution in [2.75, 3.05) is 20.8 Å². The van der Waals surface area contributed by atoms with E-state index in [4.69, 9.17) is 14.2 Å². The molecule has 30 heavy (non-hydrogen) atoms. The minimum Gasteiger partial charge on any atom is -0.496 e. The van der Waals surface area contributed by atoms with Crippen LogP contribution in [0.3, 0.4) is 0 Å². The van der Waals surface area contributed by atoms with Gasteiger partial charge < -0.3 is 14.2 Å². The second-order valence-electron chi connectivity index (χ2n) is 7.20. The smallest absolute Gasteiger partial charge is 0.496 e. The number of methoxy groups -OCH3 is 2. The summed E-state index contributed by atoms with van der Waals surface area (Å²) in [4.78, 5) is 13.0. The maximum Gasteiger partial charge on any atom is 1.00 e. The van der Waals surface area contributed by atoms with E-state index in [-0.39, 0.29) is 33.0 Å². The first kappa shape index (κ1) is 26.6. The maximum absolute atomic E-state index is 13.0. The Balaban J connectivity index is 0.00000450. The van der Waals surface area contributed by atoms with Crippen molar-refractivity contribution in [1.29, 1.82) is 0 Å². The standard InChI is InChI=1S/C24H33O4P.Li/c1-6-8-10-18(7-2)16-28-19-13-14-22(17(3)15-19)29-24(25)23-20(26-4)11-9-12-21(23)27-5;/h9,11-15,18,29H,6-8,10,16H2,1-5H3;/q;+1. The Morgan fingerprint density at radius 2 is 1.73 bits per heavy atom. The predicted octanol–water partition coefficient (Wildman–Crippen LogP) is 2.76. The van der Waals surface area contributed by atoms with Gasteiger partial charge in [0.1, 0.15) is 22.8 Å². The average molecular weight is 423 g/mol. The van der Waals surface area contributed by atoms with Crippen molar-refractivity contribution in [1.82, 2.24) is 0 Å². The molecule has 0 aliphatic heterocycles. The SMILES string of the molecule is CCCCC(CC)COc1ccc(PC(=O)c2c(OC)cccc2OC)c(C)c1.[Li+]. The van der Waals surface area contributed by atoms with Gasteiger partial charge in [0, 0.05) is 0 Å². The van der Waals surface area contributed by atoms with Crippen molar-refractivity contribution in [3.05, 3.63) is 47.5 Å². The number of carbonyl (C=O) groups is 1. The van der Waals surface area contributed by atoms with Crippen molar-refractivity contribution < 1.29 is 37.9 Å². The monoisotopic (exact) mass is 423 g/mol. The van der Waals surface area contributed by atoms with Crippen LogP contribution in [0.5, 0.6) is 17.2 Å². The van der Waals surface area contributed by atoms with Crippen LogP contribution in [0.4, 0.5) is 0 Å². The minimum atomic E-state index is -0.00738. The summed E-state index contributed by atoms with van der Waals surface area (Å²) in [6, 6.07) is 11.4. The van der Waals surface area contributed by atoms with Gasteiger partial charge in [-0.1, -0.05) is 45.2 Å². The molecule has 2 atom stereocenters. The molecule has 0 saturated carbocycles. The third-order valence-corrected chi connectivity index (χ3v) is 6.44. The van der Waals surface area contributed by atoms with E-state index in [1.165, 1.54) is 19.3 Å². The summed E-state index contributed by atoms with van der Waals surface area (Å²) in [7, 11) is 3.12. The van der Waals surface area contributed by atoms with Gasteiger partial charge in [0.25, 0.3) is 0 Å². The zero-order valence-corrected chi connectivity index (χ0v) is 20.2. The molecule has 0 spiro atoms. The van der Waals surface area contributed by atoms with Gasteiger partial charge in [-0.05, 0) is 63.0 Å². The van der Waals surface area contributed by atoms with Gasteiger partial charge in [-0.25, -0.2) is 0 Å². The van der Waals surface area contributed by atoms with Gasteiger partial charge in [-0.15, -0.1) is 0 Å². The molecule has 4 nitrogen and oxygen atoms in total.